The van der Waals surface area contributed by atoms with Crippen LogP contribution >= 0.6 is 11.8 Å². The number of phenolic OH excluding ortho intramolecular Hbond substituents is 1. The molecule has 10 heteroatoms. The molecule has 0 aliphatic heterocycles. The maximum Gasteiger partial charge on any atom is 0.239 e. The minimum absolute atomic E-state index is 0.155. The van der Waals surface area contributed by atoms with Gasteiger partial charge in [-0.1, -0.05) is 30.3 Å². The number of benzene rings is 1. The minimum atomic E-state index is -0.390. The highest BCUT2D eigenvalue weighted by molar-refractivity contribution is 8.00. The van der Waals surface area contributed by atoms with E-state index in [0.29, 0.717) is 28.8 Å². The summed E-state index contributed by atoms with van der Waals surface area (Å²) in [7, 11) is 0. The summed E-state index contributed by atoms with van der Waals surface area (Å²) in [6.45, 7) is 3.76. The predicted molar refractivity (Wildman–Crippen MR) is 95.2 cm³/mol. The average molecular weight is 374 g/mol. The number of nitrogens with zero attached hydrogens (tertiary/aromatic N) is 5. The van der Waals surface area contributed by atoms with Gasteiger partial charge in [-0.3, -0.25) is 4.79 Å². The standard InChI is InChI=1S/C16H18N6O3S/c1-3-4-13(15(24)17-14-9-10(2)25-19-14)26-16-18-20-21-22(16)11-5-7-12(23)8-6-11/h5-9,13,23H,3-4H2,1-2H3,(H,17,19,24)/t13-/m1/s1. The molecular weight excluding hydrogens is 356 g/mol. The van der Waals surface area contributed by atoms with E-state index >= 15 is 0 Å². The molecule has 3 rings (SSSR count). The van der Waals surface area contributed by atoms with Gasteiger partial charge in [-0.05, 0) is 48.0 Å². The molecule has 2 N–H and O–H groups in total. The Labute approximate surface area is 153 Å². The lowest BCUT2D eigenvalue weighted by molar-refractivity contribution is -0.115. The van der Waals surface area contributed by atoms with Crippen molar-refractivity contribution in [3.05, 3.63) is 36.1 Å². The third-order valence-corrected chi connectivity index (χ3v) is 4.71. The first-order valence-electron chi connectivity index (χ1n) is 8.05. The van der Waals surface area contributed by atoms with Crippen LogP contribution in [-0.4, -0.2) is 41.6 Å². The zero-order valence-electron chi connectivity index (χ0n) is 14.3. The van der Waals surface area contributed by atoms with Gasteiger partial charge >= 0.3 is 0 Å². The number of aryl methyl sites for hydroxylation is 1. The highest BCUT2D eigenvalue weighted by Gasteiger charge is 2.23. The van der Waals surface area contributed by atoms with Gasteiger partial charge in [0.05, 0.1) is 10.9 Å². The van der Waals surface area contributed by atoms with Gasteiger partial charge in [0.15, 0.2) is 5.82 Å². The SMILES string of the molecule is CCC[C@@H](Sc1nnnn1-c1ccc(O)cc1)C(=O)Nc1cc(C)on1. The number of amides is 1. The number of thioether (sulfide) groups is 1. The number of carbonyl (C=O) groups excluding carboxylic acids is 1. The molecule has 26 heavy (non-hydrogen) atoms. The van der Waals surface area contributed by atoms with E-state index in [1.807, 2.05) is 6.92 Å². The van der Waals surface area contributed by atoms with Crippen LogP contribution in [0.25, 0.3) is 5.69 Å². The fourth-order valence-corrected chi connectivity index (χ4v) is 3.37. The second kappa shape index (κ2) is 8.00. The molecule has 136 valence electrons. The highest BCUT2D eigenvalue weighted by atomic mass is 32.2. The quantitative estimate of drug-likeness (QED) is 0.606. The summed E-state index contributed by atoms with van der Waals surface area (Å²) < 4.78 is 6.50. The number of aromatic nitrogens is 5. The Hall–Kier alpha value is -2.88. The third kappa shape index (κ3) is 4.20. The highest BCUT2D eigenvalue weighted by Crippen LogP contribution is 2.27. The van der Waals surface area contributed by atoms with Gasteiger partial charge in [-0.15, -0.1) is 5.10 Å². The van der Waals surface area contributed by atoms with Crippen LogP contribution in [0.5, 0.6) is 5.75 Å². The van der Waals surface area contributed by atoms with Crippen molar-refractivity contribution < 1.29 is 14.4 Å². The number of tetrazole rings is 1. The fourth-order valence-electron chi connectivity index (χ4n) is 2.27. The van der Waals surface area contributed by atoms with Gasteiger partial charge in [-0.2, -0.15) is 4.68 Å². The van der Waals surface area contributed by atoms with Crippen LogP contribution < -0.4 is 5.32 Å². The van der Waals surface area contributed by atoms with Crippen LogP contribution in [0.15, 0.2) is 40.0 Å². The molecule has 1 atom stereocenters. The largest absolute Gasteiger partial charge is 0.508 e. The molecule has 3 aromatic rings. The fraction of sp³-hybridized carbons (Fsp3) is 0.312. The van der Waals surface area contributed by atoms with Gasteiger partial charge < -0.3 is 14.9 Å². The van der Waals surface area contributed by atoms with Crippen LogP contribution in [0.3, 0.4) is 0 Å². The van der Waals surface area contributed by atoms with E-state index in [4.69, 9.17) is 4.52 Å². The van der Waals surface area contributed by atoms with Crippen LogP contribution in [0.2, 0.25) is 0 Å². The number of nitrogens with one attached hydrogen (secondary N) is 1. The van der Waals surface area contributed by atoms with Gasteiger partial charge in [0.1, 0.15) is 11.5 Å². The Kier molecular flexibility index (Phi) is 5.52. The van der Waals surface area contributed by atoms with Gasteiger partial charge in [0.25, 0.3) is 0 Å². The van der Waals surface area contributed by atoms with E-state index in [-0.39, 0.29) is 16.9 Å². The lowest BCUT2D eigenvalue weighted by Gasteiger charge is -2.14. The molecule has 1 amide bonds. The molecule has 0 spiro atoms. The van der Waals surface area contributed by atoms with E-state index in [0.717, 1.165) is 6.42 Å². The van der Waals surface area contributed by atoms with E-state index in [2.05, 4.69) is 26.0 Å². The van der Waals surface area contributed by atoms with Crippen molar-refractivity contribution in [3.63, 3.8) is 0 Å². The summed E-state index contributed by atoms with van der Waals surface area (Å²) in [5.74, 6) is 0.969. The Morgan fingerprint density at radius 1 is 1.38 bits per heavy atom. The first kappa shape index (κ1) is 17.9. The molecule has 0 aliphatic carbocycles. The molecule has 0 fully saturated rings. The van der Waals surface area contributed by atoms with Crippen LogP contribution in [-0.2, 0) is 4.79 Å². The summed E-state index contributed by atoms with van der Waals surface area (Å²) in [5, 5.41) is 27.7. The summed E-state index contributed by atoms with van der Waals surface area (Å²) in [6, 6.07) is 8.15. The van der Waals surface area contributed by atoms with Gasteiger partial charge in [0, 0.05) is 6.07 Å². The molecule has 0 radical (unpaired) electrons. The van der Waals surface area contributed by atoms with E-state index in [1.54, 1.807) is 37.3 Å². The first-order chi connectivity index (χ1) is 12.6. The Morgan fingerprint density at radius 2 is 2.15 bits per heavy atom. The summed E-state index contributed by atoms with van der Waals surface area (Å²) in [4.78, 5) is 12.6. The molecule has 2 aromatic heterocycles. The maximum atomic E-state index is 12.6. The number of phenols is 1. The third-order valence-electron chi connectivity index (χ3n) is 3.51. The molecular formula is C16H18N6O3S. The van der Waals surface area contributed by atoms with E-state index in [9.17, 15) is 9.90 Å². The molecule has 2 heterocycles. The Balaban J connectivity index is 1.77. The van der Waals surface area contributed by atoms with Crippen LogP contribution in [0, 0.1) is 6.92 Å². The number of hydrogen-bond acceptors (Lipinski definition) is 8. The Morgan fingerprint density at radius 3 is 2.81 bits per heavy atom. The van der Waals surface area contributed by atoms with Crippen molar-refractivity contribution >= 4 is 23.5 Å². The topological polar surface area (TPSA) is 119 Å². The maximum absolute atomic E-state index is 12.6. The summed E-state index contributed by atoms with van der Waals surface area (Å²) >= 11 is 1.27. The summed E-state index contributed by atoms with van der Waals surface area (Å²) in [6.07, 6.45) is 1.47. The first-order valence-corrected chi connectivity index (χ1v) is 8.93. The van der Waals surface area contributed by atoms with Crippen molar-refractivity contribution in [2.45, 2.75) is 37.1 Å². The van der Waals surface area contributed by atoms with Crippen molar-refractivity contribution in [2.75, 3.05) is 5.32 Å². The van der Waals surface area contributed by atoms with Crippen molar-refractivity contribution in [1.29, 1.82) is 0 Å². The van der Waals surface area contributed by atoms with Crippen LogP contribution in [0.4, 0.5) is 5.82 Å². The number of rotatable bonds is 7. The Bertz CT molecular complexity index is 876. The van der Waals surface area contributed by atoms with Gasteiger partial charge in [0.2, 0.25) is 11.1 Å². The lowest BCUT2D eigenvalue weighted by atomic mass is 10.2. The number of hydrogen-bond donors (Lipinski definition) is 2. The van der Waals surface area contributed by atoms with Crippen molar-refractivity contribution in [1.82, 2.24) is 25.4 Å². The number of carbonyl (C=O) groups is 1. The second-order valence-corrected chi connectivity index (χ2v) is 6.77. The average Bonchev–Trinajstić information content (AvgIpc) is 3.24. The molecule has 0 unspecified atom stereocenters. The normalized spacial score (nSPS) is 12.1. The molecule has 0 saturated heterocycles. The minimum Gasteiger partial charge on any atom is -0.508 e. The zero-order valence-corrected chi connectivity index (χ0v) is 15.1. The lowest BCUT2D eigenvalue weighted by Crippen LogP contribution is -2.25. The molecule has 9 nitrogen and oxygen atoms in total. The van der Waals surface area contributed by atoms with E-state index in [1.165, 1.54) is 16.4 Å². The number of anilines is 1. The molecule has 0 aliphatic rings. The second-order valence-electron chi connectivity index (χ2n) is 5.60. The smallest absolute Gasteiger partial charge is 0.239 e. The zero-order chi connectivity index (χ0) is 18.5. The van der Waals surface area contributed by atoms with Crippen molar-refractivity contribution in [3.8, 4) is 11.4 Å². The van der Waals surface area contributed by atoms with Crippen LogP contribution in [0.1, 0.15) is 25.5 Å². The monoisotopic (exact) mass is 374 g/mol. The molecule has 1 aromatic carbocycles. The van der Waals surface area contributed by atoms with E-state index < -0.39 is 0 Å². The molecule has 0 saturated carbocycles. The van der Waals surface area contributed by atoms with Gasteiger partial charge in [-0.25, -0.2) is 0 Å². The molecule has 0 bridgehead atoms. The van der Waals surface area contributed by atoms with Crippen molar-refractivity contribution in [2.24, 2.45) is 0 Å². The number of aromatic hydroxyl groups is 1. The predicted octanol–water partition coefficient (Wildman–Crippen LogP) is 2.56. The summed E-state index contributed by atoms with van der Waals surface area (Å²) in [5.41, 5.74) is 0.693.